The molecule has 12 heavy (non-hydrogen) atoms. The van der Waals surface area contributed by atoms with Crippen LogP contribution in [0.3, 0.4) is 0 Å². The van der Waals surface area contributed by atoms with Crippen LogP contribution in [0.1, 0.15) is 12.1 Å². The van der Waals surface area contributed by atoms with Crippen molar-refractivity contribution in [2.45, 2.75) is 12.8 Å². The molecule has 1 heterocycles. The first-order valence-electron chi connectivity index (χ1n) is 4.00. The molecule has 64 valence electrons. The number of nitrogens with zero attached hydrogens (tertiary/aromatic N) is 1. The van der Waals surface area contributed by atoms with Crippen LogP contribution >= 0.6 is 0 Å². The maximum atomic E-state index is 8.69. The highest BCUT2D eigenvalue weighted by atomic mass is 16.3. The molecule has 0 atom stereocenters. The van der Waals surface area contributed by atoms with Gasteiger partial charge in [0.1, 0.15) is 0 Å². The average molecular weight is 163 g/mol. The van der Waals surface area contributed by atoms with E-state index in [2.05, 4.69) is 11.6 Å². The zero-order valence-electron chi connectivity index (χ0n) is 7.03. The van der Waals surface area contributed by atoms with E-state index in [1.165, 1.54) is 0 Å². The van der Waals surface area contributed by atoms with Crippen molar-refractivity contribution in [3.63, 3.8) is 0 Å². The van der Waals surface area contributed by atoms with Crippen LogP contribution in [0.25, 0.3) is 0 Å². The Bertz CT molecular complexity index is 243. The van der Waals surface area contributed by atoms with Crippen molar-refractivity contribution < 1.29 is 5.11 Å². The summed E-state index contributed by atoms with van der Waals surface area (Å²) < 4.78 is 0. The summed E-state index contributed by atoms with van der Waals surface area (Å²) in [4.78, 5) is 4.16. The summed E-state index contributed by atoms with van der Waals surface area (Å²) in [6, 6.07) is 5.83. The van der Waals surface area contributed by atoms with Gasteiger partial charge in [0.2, 0.25) is 0 Å². The van der Waals surface area contributed by atoms with Crippen molar-refractivity contribution in [2.75, 3.05) is 6.61 Å². The van der Waals surface area contributed by atoms with E-state index in [4.69, 9.17) is 5.11 Å². The standard InChI is InChI=1S/C10H13NO/c1-9(8-12)5-6-10-4-2-3-7-11-10/h2-4,7,12H,1,5-6,8H2. The molecule has 1 rings (SSSR count). The second-order valence-electron chi connectivity index (χ2n) is 2.73. The first-order chi connectivity index (χ1) is 5.83. The van der Waals surface area contributed by atoms with Crippen LogP contribution in [0.4, 0.5) is 0 Å². The van der Waals surface area contributed by atoms with E-state index in [-0.39, 0.29) is 6.61 Å². The van der Waals surface area contributed by atoms with Crippen molar-refractivity contribution >= 4 is 0 Å². The molecular formula is C10H13NO. The van der Waals surface area contributed by atoms with E-state index in [1.54, 1.807) is 6.20 Å². The highest BCUT2D eigenvalue weighted by molar-refractivity contribution is 5.06. The summed E-state index contributed by atoms with van der Waals surface area (Å²) >= 11 is 0. The number of aryl methyl sites for hydroxylation is 1. The largest absolute Gasteiger partial charge is 0.392 e. The van der Waals surface area contributed by atoms with E-state index in [1.807, 2.05) is 18.2 Å². The number of pyridine rings is 1. The van der Waals surface area contributed by atoms with E-state index >= 15 is 0 Å². The normalized spacial score (nSPS) is 9.75. The molecular weight excluding hydrogens is 150 g/mol. The van der Waals surface area contributed by atoms with Crippen LogP contribution in [0.15, 0.2) is 36.5 Å². The summed E-state index contributed by atoms with van der Waals surface area (Å²) in [6.45, 7) is 3.79. The molecule has 0 radical (unpaired) electrons. The molecule has 0 aromatic carbocycles. The molecule has 0 aliphatic heterocycles. The molecule has 0 aliphatic rings. The highest BCUT2D eigenvalue weighted by Crippen LogP contribution is 2.03. The van der Waals surface area contributed by atoms with Gasteiger partial charge in [-0.15, -0.1) is 0 Å². The lowest BCUT2D eigenvalue weighted by molar-refractivity contribution is 0.327. The summed E-state index contributed by atoms with van der Waals surface area (Å²) in [7, 11) is 0. The number of aliphatic hydroxyl groups is 1. The lowest BCUT2D eigenvalue weighted by Crippen LogP contribution is -1.93. The predicted molar refractivity (Wildman–Crippen MR) is 48.8 cm³/mol. The molecule has 0 aliphatic carbocycles. The lowest BCUT2D eigenvalue weighted by Gasteiger charge is -2.00. The van der Waals surface area contributed by atoms with Gasteiger partial charge < -0.3 is 5.11 Å². The maximum Gasteiger partial charge on any atom is 0.0639 e. The van der Waals surface area contributed by atoms with E-state index in [9.17, 15) is 0 Å². The fourth-order valence-electron chi connectivity index (χ4n) is 0.930. The molecule has 0 spiro atoms. The molecule has 0 saturated heterocycles. The predicted octanol–water partition coefficient (Wildman–Crippen LogP) is 1.56. The van der Waals surface area contributed by atoms with Gasteiger partial charge in [-0.2, -0.15) is 0 Å². The second-order valence-corrected chi connectivity index (χ2v) is 2.73. The van der Waals surface area contributed by atoms with Crippen LogP contribution in [0, 0.1) is 0 Å². The lowest BCUT2D eigenvalue weighted by atomic mass is 10.1. The minimum atomic E-state index is 0.0762. The minimum absolute atomic E-state index is 0.0762. The van der Waals surface area contributed by atoms with Crippen LogP contribution < -0.4 is 0 Å². The smallest absolute Gasteiger partial charge is 0.0639 e. The van der Waals surface area contributed by atoms with Gasteiger partial charge in [0.15, 0.2) is 0 Å². The molecule has 0 unspecified atom stereocenters. The van der Waals surface area contributed by atoms with Gasteiger partial charge in [-0.3, -0.25) is 4.98 Å². The maximum absolute atomic E-state index is 8.69. The monoisotopic (exact) mass is 163 g/mol. The van der Waals surface area contributed by atoms with Gasteiger partial charge in [-0.05, 0) is 25.0 Å². The van der Waals surface area contributed by atoms with Gasteiger partial charge in [0.05, 0.1) is 6.61 Å². The van der Waals surface area contributed by atoms with Crippen molar-refractivity contribution in [3.05, 3.63) is 42.2 Å². The van der Waals surface area contributed by atoms with Gasteiger partial charge in [-0.1, -0.05) is 18.2 Å². The van der Waals surface area contributed by atoms with Crippen molar-refractivity contribution in [1.29, 1.82) is 0 Å². The Hall–Kier alpha value is -1.15. The molecule has 0 bridgehead atoms. The molecule has 0 saturated carbocycles. The third kappa shape index (κ3) is 2.84. The van der Waals surface area contributed by atoms with Gasteiger partial charge in [-0.25, -0.2) is 0 Å². The molecule has 2 nitrogen and oxygen atoms in total. The van der Waals surface area contributed by atoms with Gasteiger partial charge >= 0.3 is 0 Å². The van der Waals surface area contributed by atoms with Crippen LogP contribution in [0.5, 0.6) is 0 Å². The fourth-order valence-corrected chi connectivity index (χ4v) is 0.930. The average Bonchev–Trinajstić information content (AvgIpc) is 2.16. The Morgan fingerprint density at radius 1 is 1.50 bits per heavy atom. The van der Waals surface area contributed by atoms with Crippen molar-refractivity contribution in [2.24, 2.45) is 0 Å². The Balaban J connectivity index is 2.38. The van der Waals surface area contributed by atoms with E-state index in [0.717, 1.165) is 24.1 Å². The van der Waals surface area contributed by atoms with Crippen molar-refractivity contribution in [3.8, 4) is 0 Å². The molecule has 2 heteroatoms. The van der Waals surface area contributed by atoms with Crippen LogP contribution in [-0.4, -0.2) is 16.7 Å². The number of aromatic nitrogens is 1. The zero-order valence-corrected chi connectivity index (χ0v) is 7.03. The number of hydrogen-bond acceptors (Lipinski definition) is 2. The summed E-state index contributed by atoms with van der Waals surface area (Å²) in [5.74, 6) is 0. The van der Waals surface area contributed by atoms with E-state index in [0.29, 0.717) is 0 Å². The van der Waals surface area contributed by atoms with E-state index < -0.39 is 0 Å². The first-order valence-corrected chi connectivity index (χ1v) is 4.00. The molecule has 1 aromatic rings. The fraction of sp³-hybridized carbons (Fsp3) is 0.300. The molecule has 1 N–H and O–H groups in total. The highest BCUT2D eigenvalue weighted by Gasteiger charge is 1.94. The van der Waals surface area contributed by atoms with Crippen LogP contribution in [0.2, 0.25) is 0 Å². The summed E-state index contributed by atoms with van der Waals surface area (Å²) in [5, 5.41) is 8.69. The van der Waals surface area contributed by atoms with Gasteiger partial charge in [0, 0.05) is 11.9 Å². The van der Waals surface area contributed by atoms with Gasteiger partial charge in [0.25, 0.3) is 0 Å². The Labute approximate surface area is 72.6 Å². The summed E-state index contributed by atoms with van der Waals surface area (Å²) in [6.07, 6.45) is 3.45. The third-order valence-corrected chi connectivity index (χ3v) is 1.68. The Morgan fingerprint density at radius 3 is 2.92 bits per heavy atom. The Kier molecular flexibility index (Phi) is 3.48. The molecule has 0 fully saturated rings. The number of hydrogen-bond donors (Lipinski definition) is 1. The Morgan fingerprint density at radius 2 is 2.33 bits per heavy atom. The van der Waals surface area contributed by atoms with Crippen LogP contribution in [-0.2, 0) is 6.42 Å². The molecule has 0 amide bonds. The number of aliphatic hydroxyl groups excluding tert-OH is 1. The minimum Gasteiger partial charge on any atom is -0.392 e. The first kappa shape index (κ1) is 8.94. The second kappa shape index (κ2) is 4.67. The third-order valence-electron chi connectivity index (χ3n) is 1.68. The quantitative estimate of drug-likeness (QED) is 0.683. The van der Waals surface area contributed by atoms with Crippen molar-refractivity contribution in [1.82, 2.24) is 4.98 Å². The summed E-state index contributed by atoms with van der Waals surface area (Å²) in [5.41, 5.74) is 1.91. The topological polar surface area (TPSA) is 33.1 Å². The zero-order chi connectivity index (χ0) is 8.81. The molecule has 1 aromatic heterocycles. The number of rotatable bonds is 4. The SMILES string of the molecule is C=C(CO)CCc1ccccn1.